The fourth-order valence-corrected chi connectivity index (χ4v) is 0.899. The van der Waals surface area contributed by atoms with E-state index in [0.717, 1.165) is 12.2 Å². The van der Waals surface area contributed by atoms with Crippen LogP contribution in [0, 0.1) is 0 Å². The van der Waals surface area contributed by atoms with Gasteiger partial charge in [-0.05, 0) is 18.6 Å². The molecule has 1 aromatic rings. The van der Waals surface area contributed by atoms with E-state index < -0.39 is 0 Å². The van der Waals surface area contributed by atoms with E-state index in [2.05, 4.69) is 5.43 Å². The molecule has 0 fully saturated rings. The van der Waals surface area contributed by atoms with Crippen LogP contribution in [0.4, 0.5) is 0 Å². The molecule has 3 heteroatoms. The summed E-state index contributed by atoms with van der Waals surface area (Å²) in [6.07, 6.45) is 0.734. The van der Waals surface area contributed by atoms with Crippen molar-refractivity contribution in [2.24, 2.45) is 5.84 Å². The third-order valence-electron chi connectivity index (χ3n) is 1.58. The predicted molar refractivity (Wildman–Crippen MR) is 48.5 cm³/mol. The summed E-state index contributed by atoms with van der Waals surface area (Å²) in [4.78, 5) is 0. The molecule has 0 spiro atoms. The molecule has 0 saturated carbocycles. The van der Waals surface area contributed by atoms with Crippen LogP contribution >= 0.6 is 0 Å². The molecule has 0 bridgehead atoms. The lowest BCUT2D eigenvalue weighted by Gasteiger charge is -2.15. The minimum Gasteiger partial charge on any atom is -0.474 e. The van der Waals surface area contributed by atoms with Crippen LogP contribution in [-0.2, 0) is 0 Å². The fourth-order valence-electron chi connectivity index (χ4n) is 0.899. The Kier molecular flexibility index (Phi) is 3.57. The zero-order chi connectivity index (χ0) is 8.81. The van der Waals surface area contributed by atoms with Gasteiger partial charge in [0.1, 0.15) is 5.75 Å². The topological polar surface area (TPSA) is 47.3 Å². The van der Waals surface area contributed by atoms with Crippen molar-refractivity contribution in [3.05, 3.63) is 30.3 Å². The van der Waals surface area contributed by atoms with E-state index in [-0.39, 0.29) is 6.23 Å². The number of nitrogens with one attached hydrogen (secondary N) is 1. The smallest absolute Gasteiger partial charge is 0.161 e. The fraction of sp³-hybridized carbons (Fsp3) is 0.333. The molecule has 1 unspecified atom stereocenters. The van der Waals surface area contributed by atoms with Gasteiger partial charge in [0.25, 0.3) is 0 Å². The van der Waals surface area contributed by atoms with Crippen LogP contribution < -0.4 is 16.0 Å². The zero-order valence-corrected chi connectivity index (χ0v) is 7.16. The Morgan fingerprint density at radius 2 is 2.08 bits per heavy atom. The highest BCUT2D eigenvalue weighted by Crippen LogP contribution is 2.10. The Bertz CT molecular complexity index is 209. The first-order chi connectivity index (χ1) is 5.86. The van der Waals surface area contributed by atoms with Gasteiger partial charge in [0.05, 0.1) is 0 Å². The Morgan fingerprint density at radius 1 is 1.42 bits per heavy atom. The minimum atomic E-state index is -0.104. The second kappa shape index (κ2) is 4.74. The standard InChI is InChI=1S/C9H14N2O/c1-2-9(11-10)12-8-6-4-3-5-7-8/h3-7,9,11H,2,10H2,1H3. The average molecular weight is 166 g/mol. The molecule has 1 aromatic carbocycles. The van der Waals surface area contributed by atoms with E-state index in [4.69, 9.17) is 10.6 Å². The van der Waals surface area contributed by atoms with E-state index in [0.29, 0.717) is 0 Å². The lowest BCUT2D eigenvalue weighted by Crippen LogP contribution is -2.38. The second-order valence-electron chi connectivity index (χ2n) is 2.49. The zero-order valence-electron chi connectivity index (χ0n) is 7.16. The molecule has 3 nitrogen and oxygen atoms in total. The van der Waals surface area contributed by atoms with Gasteiger partial charge in [-0.2, -0.15) is 0 Å². The maximum atomic E-state index is 5.48. The molecule has 0 aromatic heterocycles. The van der Waals surface area contributed by atoms with Crippen molar-refractivity contribution in [3.8, 4) is 5.75 Å². The van der Waals surface area contributed by atoms with Gasteiger partial charge >= 0.3 is 0 Å². The van der Waals surface area contributed by atoms with Gasteiger partial charge in [-0.3, -0.25) is 5.84 Å². The van der Waals surface area contributed by atoms with Crippen LogP contribution in [0.3, 0.4) is 0 Å². The molecule has 66 valence electrons. The van der Waals surface area contributed by atoms with Crippen LogP contribution in [0.15, 0.2) is 30.3 Å². The highest BCUT2D eigenvalue weighted by molar-refractivity contribution is 5.21. The maximum absolute atomic E-state index is 5.48. The first kappa shape index (κ1) is 9.03. The van der Waals surface area contributed by atoms with Crippen LogP contribution in [0.1, 0.15) is 13.3 Å². The molecule has 1 rings (SSSR count). The predicted octanol–water partition coefficient (Wildman–Crippen LogP) is 1.26. The van der Waals surface area contributed by atoms with Gasteiger partial charge in [-0.15, -0.1) is 0 Å². The van der Waals surface area contributed by atoms with Gasteiger partial charge in [0, 0.05) is 0 Å². The summed E-state index contributed by atoms with van der Waals surface area (Å²) in [7, 11) is 0. The van der Waals surface area contributed by atoms with E-state index >= 15 is 0 Å². The van der Waals surface area contributed by atoms with Gasteiger partial charge in [-0.1, -0.05) is 25.1 Å². The molecular formula is C9H14N2O. The Hall–Kier alpha value is -1.06. The first-order valence-corrected chi connectivity index (χ1v) is 4.04. The van der Waals surface area contributed by atoms with Crippen molar-refractivity contribution >= 4 is 0 Å². The molecule has 3 N–H and O–H groups in total. The first-order valence-electron chi connectivity index (χ1n) is 4.04. The molecule has 0 amide bonds. The summed E-state index contributed by atoms with van der Waals surface area (Å²) in [6, 6.07) is 9.61. The molecule has 12 heavy (non-hydrogen) atoms. The average Bonchev–Trinajstić information content (AvgIpc) is 2.16. The number of para-hydroxylation sites is 1. The summed E-state index contributed by atoms with van der Waals surface area (Å²) < 4.78 is 5.48. The Labute approximate surface area is 72.5 Å². The second-order valence-corrected chi connectivity index (χ2v) is 2.49. The van der Waals surface area contributed by atoms with Crippen molar-refractivity contribution in [2.45, 2.75) is 19.6 Å². The number of hydrogen-bond donors (Lipinski definition) is 2. The van der Waals surface area contributed by atoms with E-state index in [1.54, 1.807) is 0 Å². The van der Waals surface area contributed by atoms with Crippen LogP contribution in [0.5, 0.6) is 5.75 Å². The number of benzene rings is 1. The number of ether oxygens (including phenoxy) is 1. The number of hydrazine groups is 1. The van der Waals surface area contributed by atoms with Crippen LogP contribution in [0.2, 0.25) is 0 Å². The van der Waals surface area contributed by atoms with E-state index in [9.17, 15) is 0 Å². The normalized spacial score (nSPS) is 12.5. The third kappa shape index (κ3) is 2.53. The highest BCUT2D eigenvalue weighted by atomic mass is 16.5. The lowest BCUT2D eigenvalue weighted by atomic mass is 10.3. The maximum Gasteiger partial charge on any atom is 0.161 e. The van der Waals surface area contributed by atoms with E-state index in [1.807, 2.05) is 37.3 Å². The van der Waals surface area contributed by atoms with Gasteiger partial charge in [0.2, 0.25) is 0 Å². The SMILES string of the molecule is CCC(NN)Oc1ccccc1. The molecular weight excluding hydrogens is 152 g/mol. The molecule has 0 saturated heterocycles. The van der Waals surface area contributed by atoms with Crippen molar-refractivity contribution in [1.82, 2.24) is 5.43 Å². The van der Waals surface area contributed by atoms with Crippen molar-refractivity contribution in [1.29, 1.82) is 0 Å². The Morgan fingerprint density at radius 3 is 2.58 bits per heavy atom. The van der Waals surface area contributed by atoms with Crippen molar-refractivity contribution in [3.63, 3.8) is 0 Å². The largest absolute Gasteiger partial charge is 0.474 e. The lowest BCUT2D eigenvalue weighted by molar-refractivity contribution is 0.160. The molecule has 0 radical (unpaired) electrons. The summed E-state index contributed by atoms with van der Waals surface area (Å²) in [5.74, 6) is 6.09. The van der Waals surface area contributed by atoms with Gasteiger partial charge < -0.3 is 4.74 Å². The van der Waals surface area contributed by atoms with Crippen LogP contribution in [0.25, 0.3) is 0 Å². The molecule has 0 aliphatic heterocycles. The van der Waals surface area contributed by atoms with Gasteiger partial charge in [-0.25, -0.2) is 5.43 Å². The molecule has 0 heterocycles. The van der Waals surface area contributed by atoms with Crippen molar-refractivity contribution in [2.75, 3.05) is 0 Å². The van der Waals surface area contributed by atoms with E-state index in [1.165, 1.54) is 0 Å². The van der Waals surface area contributed by atoms with Gasteiger partial charge in [0.15, 0.2) is 6.23 Å². The highest BCUT2D eigenvalue weighted by Gasteiger charge is 2.02. The monoisotopic (exact) mass is 166 g/mol. The number of rotatable bonds is 4. The summed E-state index contributed by atoms with van der Waals surface area (Å²) >= 11 is 0. The summed E-state index contributed by atoms with van der Waals surface area (Å²) in [5, 5.41) is 0. The molecule has 0 aliphatic rings. The quantitative estimate of drug-likeness (QED) is 0.402. The number of nitrogens with two attached hydrogens (primary N) is 1. The molecule has 0 aliphatic carbocycles. The minimum absolute atomic E-state index is 0.104. The van der Waals surface area contributed by atoms with Crippen LogP contribution in [-0.4, -0.2) is 6.23 Å². The summed E-state index contributed by atoms with van der Waals surface area (Å²) in [5.41, 5.74) is 2.58. The third-order valence-corrected chi connectivity index (χ3v) is 1.58. The Balaban J connectivity index is 2.51. The summed E-state index contributed by atoms with van der Waals surface area (Å²) in [6.45, 7) is 2.01. The number of hydrogen-bond acceptors (Lipinski definition) is 3. The molecule has 1 atom stereocenters. The van der Waals surface area contributed by atoms with Crippen molar-refractivity contribution < 1.29 is 4.74 Å².